The molecule has 150 valence electrons. The molecule has 0 aliphatic heterocycles. The number of H-pyrrole nitrogens is 1. The van der Waals surface area contributed by atoms with Gasteiger partial charge in [0.2, 0.25) is 11.8 Å². The average molecular weight is 422 g/mol. The molecule has 0 amide bonds. The zero-order chi connectivity index (χ0) is 21.3. The van der Waals surface area contributed by atoms with E-state index in [0.717, 1.165) is 0 Å². The van der Waals surface area contributed by atoms with Gasteiger partial charge in [0.25, 0.3) is 11.1 Å². The average Bonchev–Trinajstić information content (AvgIpc) is 2.70. The molecule has 0 saturated carbocycles. The minimum atomic E-state index is -0.389. The maximum Gasteiger partial charge on any atom is 0.265 e. The molecule has 30 heavy (non-hydrogen) atoms. The normalized spacial score (nSPS) is 11.3. The molecule has 9 heteroatoms. The van der Waals surface area contributed by atoms with E-state index in [9.17, 15) is 14.7 Å². The Balaban J connectivity index is 1.86. The smallest absolute Gasteiger partial charge is 0.265 e. The molecule has 0 aliphatic rings. The van der Waals surface area contributed by atoms with Crippen LogP contribution in [-0.2, 0) is 0 Å². The fourth-order valence-electron chi connectivity index (χ4n) is 3.13. The molecule has 4 aromatic rings. The Morgan fingerprint density at radius 2 is 1.90 bits per heavy atom. The van der Waals surface area contributed by atoms with Crippen LogP contribution in [0.3, 0.4) is 0 Å². The SMILES string of the molecule is Cc1cc(=O)[nH]c(N/N=C/c2c(O)n(-c3cccc(Cl)c3)c(=O)c3ccccc23)n1. The Morgan fingerprint density at radius 1 is 1.13 bits per heavy atom. The van der Waals surface area contributed by atoms with Crippen LogP contribution in [0.15, 0.2) is 69.3 Å². The van der Waals surface area contributed by atoms with E-state index in [-0.39, 0.29) is 22.9 Å². The van der Waals surface area contributed by atoms with Gasteiger partial charge in [0, 0.05) is 27.6 Å². The van der Waals surface area contributed by atoms with E-state index < -0.39 is 0 Å². The highest BCUT2D eigenvalue weighted by molar-refractivity contribution is 6.30. The first-order chi connectivity index (χ1) is 14.4. The van der Waals surface area contributed by atoms with Crippen LogP contribution in [0.25, 0.3) is 16.5 Å². The monoisotopic (exact) mass is 421 g/mol. The van der Waals surface area contributed by atoms with E-state index in [0.29, 0.717) is 32.7 Å². The van der Waals surface area contributed by atoms with Crippen LogP contribution in [0, 0.1) is 6.92 Å². The van der Waals surface area contributed by atoms with Gasteiger partial charge < -0.3 is 5.11 Å². The number of hydrazone groups is 1. The molecule has 4 rings (SSSR count). The van der Waals surface area contributed by atoms with Crippen LogP contribution in [-0.4, -0.2) is 25.9 Å². The Labute approximate surface area is 175 Å². The number of fused-ring (bicyclic) bond motifs is 1. The number of hydrogen-bond acceptors (Lipinski definition) is 6. The molecule has 3 N–H and O–H groups in total. The van der Waals surface area contributed by atoms with Crippen LogP contribution in [0.1, 0.15) is 11.3 Å². The molecule has 2 aromatic carbocycles. The van der Waals surface area contributed by atoms with Gasteiger partial charge in [-0.15, -0.1) is 0 Å². The van der Waals surface area contributed by atoms with Gasteiger partial charge in [0.05, 0.1) is 17.5 Å². The lowest BCUT2D eigenvalue weighted by Crippen LogP contribution is -2.20. The number of aromatic amines is 1. The van der Waals surface area contributed by atoms with Gasteiger partial charge in [-0.1, -0.05) is 35.9 Å². The second kappa shape index (κ2) is 7.84. The lowest BCUT2D eigenvalue weighted by atomic mass is 10.1. The first-order valence-corrected chi connectivity index (χ1v) is 9.31. The number of pyridine rings is 1. The molecule has 0 radical (unpaired) electrons. The fourth-order valence-corrected chi connectivity index (χ4v) is 3.32. The summed E-state index contributed by atoms with van der Waals surface area (Å²) in [6.45, 7) is 1.68. The number of nitrogens with one attached hydrogen (secondary N) is 2. The third-order valence-electron chi connectivity index (χ3n) is 4.40. The summed E-state index contributed by atoms with van der Waals surface area (Å²) in [5, 5.41) is 16.4. The summed E-state index contributed by atoms with van der Waals surface area (Å²) in [5.41, 5.74) is 3.19. The predicted molar refractivity (Wildman–Crippen MR) is 117 cm³/mol. The molecule has 2 aromatic heterocycles. The molecule has 0 atom stereocenters. The van der Waals surface area contributed by atoms with Crippen LogP contribution in [0.4, 0.5) is 5.95 Å². The Hall–Kier alpha value is -3.91. The molecule has 0 fully saturated rings. The number of nitrogens with zero attached hydrogens (tertiary/aromatic N) is 3. The van der Waals surface area contributed by atoms with Crippen molar-refractivity contribution in [3.8, 4) is 11.6 Å². The molecule has 0 bridgehead atoms. The van der Waals surface area contributed by atoms with Crippen molar-refractivity contribution in [1.82, 2.24) is 14.5 Å². The van der Waals surface area contributed by atoms with Crippen molar-refractivity contribution >= 4 is 34.5 Å². The molecule has 0 saturated heterocycles. The van der Waals surface area contributed by atoms with Crippen molar-refractivity contribution in [2.45, 2.75) is 6.92 Å². The standard InChI is InChI=1S/C21H16ClN5O3/c1-12-9-18(28)25-21(24-12)26-23-11-17-15-7-2-3-8-16(15)19(29)27(20(17)30)14-6-4-5-13(22)10-14/h2-11,30H,1H3,(H2,24,25,26,28)/b23-11+. The molecular weight excluding hydrogens is 406 g/mol. The van der Waals surface area contributed by atoms with Crippen LogP contribution in [0.2, 0.25) is 5.02 Å². The minimum Gasteiger partial charge on any atom is -0.494 e. The summed E-state index contributed by atoms with van der Waals surface area (Å²) < 4.78 is 1.17. The van der Waals surface area contributed by atoms with Crippen LogP contribution >= 0.6 is 11.6 Å². The third kappa shape index (κ3) is 3.68. The van der Waals surface area contributed by atoms with Gasteiger partial charge >= 0.3 is 0 Å². The van der Waals surface area contributed by atoms with Crippen molar-refractivity contribution in [2.24, 2.45) is 5.10 Å². The number of hydrogen-bond donors (Lipinski definition) is 3. The molecule has 0 aliphatic carbocycles. The highest BCUT2D eigenvalue weighted by Gasteiger charge is 2.16. The van der Waals surface area contributed by atoms with Crippen LogP contribution in [0.5, 0.6) is 5.88 Å². The Morgan fingerprint density at radius 3 is 2.63 bits per heavy atom. The molecule has 0 unspecified atom stereocenters. The second-order valence-electron chi connectivity index (χ2n) is 6.51. The number of aryl methyl sites for hydroxylation is 1. The molecule has 8 nitrogen and oxygen atoms in total. The van der Waals surface area contributed by atoms with E-state index in [1.807, 2.05) is 0 Å². The highest BCUT2D eigenvalue weighted by Crippen LogP contribution is 2.26. The van der Waals surface area contributed by atoms with Crippen molar-refractivity contribution < 1.29 is 5.11 Å². The quantitative estimate of drug-likeness (QED) is 0.346. The summed E-state index contributed by atoms with van der Waals surface area (Å²) in [6, 6.07) is 14.9. The van der Waals surface area contributed by atoms with E-state index in [4.69, 9.17) is 11.6 Å². The number of rotatable bonds is 4. The highest BCUT2D eigenvalue weighted by atomic mass is 35.5. The van der Waals surface area contributed by atoms with Crippen LogP contribution < -0.4 is 16.5 Å². The summed E-state index contributed by atoms with van der Waals surface area (Å²) in [7, 11) is 0. The van der Waals surface area contributed by atoms with Crippen molar-refractivity contribution in [2.75, 3.05) is 5.43 Å². The maximum atomic E-state index is 13.0. The number of halogens is 1. The summed E-state index contributed by atoms with van der Waals surface area (Å²) in [6.07, 6.45) is 1.36. The first kappa shape index (κ1) is 19.4. The topological polar surface area (TPSA) is 112 Å². The summed E-state index contributed by atoms with van der Waals surface area (Å²) >= 11 is 6.07. The van der Waals surface area contributed by atoms with Gasteiger partial charge in [0.1, 0.15) is 0 Å². The molecular formula is C21H16ClN5O3. The molecule has 0 spiro atoms. The summed E-state index contributed by atoms with van der Waals surface area (Å²) in [5.74, 6) is -0.139. The second-order valence-corrected chi connectivity index (χ2v) is 6.95. The minimum absolute atomic E-state index is 0.156. The van der Waals surface area contributed by atoms with Gasteiger partial charge in [-0.3, -0.25) is 14.6 Å². The third-order valence-corrected chi connectivity index (χ3v) is 4.64. The van der Waals surface area contributed by atoms with Crippen molar-refractivity contribution in [3.63, 3.8) is 0 Å². The predicted octanol–water partition coefficient (Wildman–Crippen LogP) is 3.19. The van der Waals surface area contributed by atoms with Gasteiger partial charge in [-0.05, 0) is 31.2 Å². The maximum absolute atomic E-state index is 13.0. The van der Waals surface area contributed by atoms with E-state index >= 15 is 0 Å². The van der Waals surface area contributed by atoms with E-state index in [2.05, 4.69) is 20.5 Å². The number of aromatic hydroxyl groups is 1. The van der Waals surface area contributed by atoms with Gasteiger partial charge in [-0.2, -0.15) is 5.10 Å². The summed E-state index contributed by atoms with van der Waals surface area (Å²) in [4.78, 5) is 31.2. The lowest BCUT2D eigenvalue weighted by Gasteiger charge is -2.13. The van der Waals surface area contributed by atoms with E-state index in [1.54, 1.807) is 55.5 Å². The van der Waals surface area contributed by atoms with E-state index in [1.165, 1.54) is 16.8 Å². The zero-order valence-corrected chi connectivity index (χ0v) is 16.5. The lowest BCUT2D eigenvalue weighted by molar-refractivity contribution is 0.436. The Kier molecular flexibility index (Phi) is 5.07. The largest absolute Gasteiger partial charge is 0.494 e. The zero-order valence-electron chi connectivity index (χ0n) is 15.8. The van der Waals surface area contributed by atoms with Gasteiger partial charge in [0.15, 0.2) is 0 Å². The Bertz CT molecular complexity index is 1410. The van der Waals surface area contributed by atoms with Gasteiger partial charge in [-0.25, -0.2) is 15.0 Å². The number of aromatic nitrogens is 3. The number of anilines is 1. The number of benzene rings is 2. The van der Waals surface area contributed by atoms with Crippen molar-refractivity contribution in [1.29, 1.82) is 0 Å². The fraction of sp³-hybridized carbons (Fsp3) is 0.0476. The first-order valence-electron chi connectivity index (χ1n) is 8.94. The molecule has 2 heterocycles. The van der Waals surface area contributed by atoms with Crippen molar-refractivity contribution in [3.05, 3.63) is 91.6 Å².